The summed E-state index contributed by atoms with van der Waals surface area (Å²) in [6.07, 6.45) is 6.91. The van der Waals surface area contributed by atoms with E-state index in [-0.39, 0.29) is 5.41 Å². The fraction of sp³-hybridized carbons (Fsp3) is 0.172. The average Bonchev–Trinajstić information content (AvgIpc) is 3.82. The zero-order chi connectivity index (χ0) is 39.4. The zero-order valence-corrected chi connectivity index (χ0v) is 33.6. The van der Waals surface area contributed by atoms with Crippen molar-refractivity contribution >= 4 is 39.0 Å². The lowest BCUT2D eigenvalue weighted by Crippen LogP contribution is -2.55. The van der Waals surface area contributed by atoms with Crippen molar-refractivity contribution in [2.24, 2.45) is 23.7 Å². The van der Waals surface area contributed by atoms with Crippen molar-refractivity contribution < 1.29 is 4.42 Å². The highest BCUT2D eigenvalue weighted by Gasteiger charge is 2.61. The number of furan rings is 1. The third-order valence-electron chi connectivity index (χ3n) is 15.1. The summed E-state index contributed by atoms with van der Waals surface area (Å²) < 4.78 is 6.56. The van der Waals surface area contributed by atoms with Gasteiger partial charge in [-0.15, -0.1) is 0 Å². The monoisotopic (exact) mass is 771 g/mol. The van der Waals surface area contributed by atoms with Crippen LogP contribution < -0.4 is 4.90 Å². The molecule has 5 aliphatic rings. The fourth-order valence-electron chi connectivity index (χ4n) is 12.8. The van der Waals surface area contributed by atoms with Gasteiger partial charge in [-0.2, -0.15) is 0 Å². The standard InChI is InChI=1S/C58H45NO/c1-3-11-39(12-4-1)41-19-21-42(22-20-41)48-15-7-9-17-55(48)59(47-24-27-51-50-16-8-10-18-56(50)60-57(51)36-47)46-25-28-53-52(35-46)49-26-23-43(40-13-5-2-6-14-40)34-54(49)58(53)44-30-37-29-38(32-44)33-45(58)31-37/h1-28,34-38,44-45H,29-33H2. The summed E-state index contributed by atoms with van der Waals surface area (Å²) in [6, 6.07) is 69.8. The zero-order valence-electron chi connectivity index (χ0n) is 33.6. The molecule has 1 spiro atoms. The number of nitrogens with zero attached hydrogens (tertiary/aromatic N) is 1. The highest BCUT2D eigenvalue weighted by atomic mass is 16.3. The number of hydrogen-bond acceptors (Lipinski definition) is 2. The molecule has 2 heteroatoms. The summed E-state index contributed by atoms with van der Waals surface area (Å²) in [5.74, 6) is 3.17. The number of benzene rings is 8. The number of anilines is 3. The quantitative estimate of drug-likeness (QED) is 0.167. The molecule has 1 aromatic heterocycles. The van der Waals surface area contributed by atoms with Gasteiger partial charge < -0.3 is 9.32 Å². The third kappa shape index (κ3) is 5.07. The minimum atomic E-state index is 0.0673. The first-order chi connectivity index (χ1) is 29.7. The second-order valence-corrected chi connectivity index (χ2v) is 18.1. The average molecular weight is 772 g/mol. The SMILES string of the molecule is c1ccc(-c2ccc(-c3ccccc3N(c3ccc4c(c3)-c3ccc(-c5ccccc5)cc3C43C4CC5CC(C4)CC3C5)c3ccc4c(c3)oc3ccccc34)cc2)cc1. The van der Waals surface area contributed by atoms with Gasteiger partial charge in [-0.05, 0) is 148 Å². The van der Waals surface area contributed by atoms with E-state index in [9.17, 15) is 0 Å². The Labute approximate surface area is 351 Å². The van der Waals surface area contributed by atoms with Gasteiger partial charge in [-0.1, -0.05) is 140 Å². The minimum absolute atomic E-state index is 0.0673. The Bertz CT molecular complexity index is 3070. The van der Waals surface area contributed by atoms with Gasteiger partial charge >= 0.3 is 0 Å². The van der Waals surface area contributed by atoms with E-state index in [1.807, 2.05) is 0 Å². The van der Waals surface area contributed by atoms with Gasteiger partial charge in [0.05, 0.1) is 5.69 Å². The largest absolute Gasteiger partial charge is 0.456 e. The molecule has 0 atom stereocenters. The van der Waals surface area contributed by atoms with Crippen LogP contribution in [-0.4, -0.2) is 0 Å². The van der Waals surface area contributed by atoms with Crippen LogP contribution in [0.4, 0.5) is 17.1 Å². The van der Waals surface area contributed by atoms with Gasteiger partial charge in [0.2, 0.25) is 0 Å². The lowest BCUT2D eigenvalue weighted by atomic mass is 9.43. The van der Waals surface area contributed by atoms with Crippen molar-refractivity contribution in [1.29, 1.82) is 0 Å². The maximum absolute atomic E-state index is 6.56. The second-order valence-electron chi connectivity index (χ2n) is 18.1. The van der Waals surface area contributed by atoms with Crippen LogP contribution in [0.1, 0.15) is 43.2 Å². The molecule has 4 saturated carbocycles. The highest BCUT2D eigenvalue weighted by Crippen LogP contribution is 2.70. The van der Waals surface area contributed by atoms with Crippen LogP contribution >= 0.6 is 0 Å². The predicted octanol–water partition coefficient (Wildman–Crippen LogP) is 15.8. The number of para-hydroxylation sites is 2. The summed E-state index contributed by atoms with van der Waals surface area (Å²) in [4.78, 5) is 2.48. The minimum Gasteiger partial charge on any atom is -0.456 e. The topological polar surface area (TPSA) is 16.4 Å². The van der Waals surface area contributed by atoms with Gasteiger partial charge in [-0.25, -0.2) is 0 Å². The number of hydrogen-bond donors (Lipinski definition) is 0. The molecule has 0 amide bonds. The highest BCUT2D eigenvalue weighted by molar-refractivity contribution is 6.06. The third-order valence-corrected chi connectivity index (χ3v) is 15.1. The van der Waals surface area contributed by atoms with Crippen LogP contribution in [0.5, 0.6) is 0 Å². The summed E-state index contributed by atoms with van der Waals surface area (Å²) in [6.45, 7) is 0. The van der Waals surface area contributed by atoms with Gasteiger partial charge in [0.25, 0.3) is 0 Å². The van der Waals surface area contributed by atoms with Gasteiger partial charge in [0, 0.05) is 39.2 Å². The van der Waals surface area contributed by atoms with Crippen molar-refractivity contribution in [3.63, 3.8) is 0 Å². The van der Waals surface area contributed by atoms with Crippen LogP contribution in [0.15, 0.2) is 192 Å². The molecule has 0 radical (unpaired) electrons. The lowest BCUT2D eigenvalue weighted by molar-refractivity contribution is -0.0399. The smallest absolute Gasteiger partial charge is 0.137 e. The second kappa shape index (κ2) is 13.2. The Morgan fingerprint density at radius 2 is 0.967 bits per heavy atom. The Morgan fingerprint density at radius 1 is 0.383 bits per heavy atom. The maximum atomic E-state index is 6.56. The van der Waals surface area contributed by atoms with Crippen LogP contribution in [-0.2, 0) is 5.41 Å². The molecule has 5 aliphatic carbocycles. The molecule has 0 N–H and O–H groups in total. The van der Waals surface area contributed by atoms with E-state index in [2.05, 4.69) is 193 Å². The molecule has 0 saturated heterocycles. The maximum Gasteiger partial charge on any atom is 0.137 e. The van der Waals surface area contributed by atoms with E-state index in [0.29, 0.717) is 11.8 Å². The normalized spacial score (nSPS) is 22.1. The van der Waals surface area contributed by atoms with E-state index in [1.165, 1.54) is 76.6 Å². The molecular formula is C58H45NO. The molecule has 14 rings (SSSR count). The van der Waals surface area contributed by atoms with Crippen LogP contribution in [0.3, 0.4) is 0 Å². The molecular weight excluding hydrogens is 727 g/mol. The number of fused-ring (bicyclic) bond motifs is 6. The van der Waals surface area contributed by atoms with E-state index >= 15 is 0 Å². The Hall–Kier alpha value is -6.64. The first-order valence-electron chi connectivity index (χ1n) is 22.0. The molecule has 1 heterocycles. The van der Waals surface area contributed by atoms with Gasteiger partial charge in [0.1, 0.15) is 11.2 Å². The van der Waals surface area contributed by atoms with E-state index in [1.54, 1.807) is 11.1 Å². The Morgan fingerprint density at radius 3 is 1.73 bits per heavy atom. The lowest BCUT2D eigenvalue weighted by Gasteiger charge is -2.61. The molecule has 2 nitrogen and oxygen atoms in total. The van der Waals surface area contributed by atoms with E-state index in [0.717, 1.165) is 50.8 Å². The first kappa shape index (κ1) is 34.2. The van der Waals surface area contributed by atoms with E-state index < -0.39 is 0 Å². The van der Waals surface area contributed by atoms with Crippen molar-refractivity contribution in [1.82, 2.24) is 0 Å². The summed E-state index contributed by atoms with van der Waals surface area (Å²) in [7, 11) is 0. The van der Waals surface area contributed by atoms with Crippen LogP contribution in [0.25, 0.3) is 66.4 Å². The van der Waals surface area contributed by atoms with Crippen LogP contribution in [0.2, 0.25) is 0 Å². The molecule has 8 aromatic carbocycles. The molecule has 4 fully saturated rings. The summed E-state index contributed by atoms with van der Waals surface area (Å²) >= 11 is 0. The predicted molar refractivity (Wildman–Crippen MR) is 248 cm³/mol. The number of rotatable bonds is 6. The Balaban J connectivity index is 1.01. The molecule has 4 bridgehead atoms. The van der Waals surface area contributed by atoms with Gasteiger partial charge in [-0.3, -0.25) is 0 Å². The first-order valence-corrected chi connectivity index (χ1v) is 22.0. The van der Waals surface area contributed by atoms with Gasteiger partial charge in [0.15, 0.2) is 0 Å². The van der Waals surface area contributed by atoms with Crippen molar-refractivity contribution in [3.8, 4) is 44.5 Å². The molecule has 0 aliphatic heterocycles. The van der Waals surface area contributed by atoms with Crippen LogP contribution in [0, 0.1) is 23.7 Å². The Kier molecular flexibility index (Phi) is 7.52. The fourth-order valence-corrected chi connectivity index (χ4v) is 12.8. The summed E-state index contributed by atoms with van der Waals surface area (Å²) in [5, 5.41) is 2.29. The van der Waals surface area contributed by atoms with Crippen molar-refractivity contribution in [2.45, 2.75) is 37.5 Å². The van der Waals surface area contributed by atoms with Crippen molar-refractivity contribution in [2.75, 3.05) is 4.90 Å². The molecule has 0 unspecified atom stereocenters. The summed E-state index contributed by atoms with van der Waals surface area (Å²) in [5.41, 5.74) is 18.7. The molecule has 9 aromatic rings. The molecule has 288 valence electrons. The van der Waals surface area contributed by atoms with Crippen molar-refractivity contribution in [3.05, 3.63) is 199 Å². The van der Waals surface area contributed by atoms with E-state index in [4.69, 9.17) is 4.42 Å². The molecule has 60 heavy (non-hydrogen) atoms.